The highest BCUT2D eigenvalue weighted by Gasteiger charge is 2.38. The SMILES string of the molecule is N#C/C(=C1/NC2(CCCCC2)Cc2ccccc21)c1ccccc1. The van der Waals surface area contributed by atoms with Gasteiger partial charge in [-0.1, -0.05) is 73.9 Å². The minimum atomic E-state index is 0.124. The van der Waals surface area contributed by atoms with Crippen molar-refractivity contribution in [1.82, 2.24) is 5.32 Å². The van der Waals surface area contributed by atoms with Crippen LogP contribution >= 0.6 is 0 Å². The van der Waals surface area contributed by atoms with E-state index in [-0.39, 0.29) is 5.54 Å². The molecule has 0 atom stereocenters. The number of nitrogens with zero attached hydrogens (tertiary/aromatic N) is 1. The first kappa shape index (κ1) is 15.0. The Balaban J connectivity index is 1.89. The molecule has 1 fully saturated rings. The molecule has 2 heteroatoms. The van der Waals surface area contributed by atoms with Gasteiger partial charge < -0.3 is 5.32 Å². The summed E-state index contributed by atoms with van der Waals surface area (Å²) in [6, 6.07) is 21.1. The summed E-state index contributed by atoms with van der Waals surface area (Å²) < 4.78 is 0. The Morgan fingerprint density at radius 3 is 2.38 bits per heavy atom. The van der Waals surface area contributed by atoms with Gasteiger partial charge in [0.05, 0.1) is 11.3 Å². The molecule has 2 aliphatic rings. The Morgan fingerprint density at radius 1 is 0.917 bits per heavy atom. The molecular weight excluding hydrogens is 292 g/mol. The second kappa shape index (κ2) is 6.17. The summed E-state index contributed by atoms with van der Waals surface area (Å²) in [6.07, 6.45) is 7.33. The normalized spacial score (nSPS) is 20.6. The van der Waals surface area contributed by atoms with Gasteiger partial charge in [0.25, 0.3) is 0 Å². The molecule has 1 saturated carbocycles. The first-order chi connectivity index (χ1) is 11.8. The molecule has 1 spiro atoms. The van der Waals surface area contributed by atoms with Gasteiger partial charge in [-0.05, 0) is 30.4 Å². The van der Waals surface area contributed by atoms with Gasteiger partial charge in [-0.15, -0.1) is 0 Å². The Hall–Kier alpha value is -2.53. The fourth-order valence-corrected chi connectivity index (χ4v) is 4.26. The zero-order valence-corrected chi connectivity index (χ0v) is 13.9. The summed E-state index contributed by atoms with van der Waals surface area (Å²) in [6.45, 7) is 0. The third kappa shape index (κ3) is 2.61. The second-order valence-corrected chi connectivity index (χ2v) is 7.03. The van der Waals surface area contributed by atoms with E-state index in [1.807, 2.05) is 30.3 Å². The van der Waals surface area contributed by atoms with Gasteiger partial charge in [0, 0.05) is 11.1 Å². The van der Waals surface area contributed by atoms with Crippen molar-refractivity contribution in [1.29, 1.82) is 5.26 Å². The van der Waals surface area contributed by atoms with Crippen LogP contribution < -0.4 is 5.32 Å². The van der Waals surface area contributed by atoms with Gasteiger partial charge >= 0.3 is 0 Å². The van der Waals surface area contributed by atoms with Gasteiger partial charge in [-0.25, -0.2) is 0 Å². The summed E-state index contributed by atoms with van der Waals surface area (Å²) in [5.74, 6) is 0. The molecule has 0 aromatic heterocycles. The number of nitrogens with one attached hydrogen (secondary N) is 1. The zero-order chi connectivity index (χ0) is 16.4. The van der Waals surface area contributed by atoms with E-state index in [0.717, 1.165) is 23.3 Å². The molecule has 1 N–H and O–H groups in total. The number of benzene rings is 2. The van der Waals surface area contributed by atoms with E-state index >= 15 is 0 Å². The number of fused-ring (bicyclic) bond motifs is 1. The van der Waals surface area contributed by atoms with E-state index in [1.54, 1.807) is 0 Å². The predicted molar refractivity (Wildman–Crippen MR) is 98.0 cm³/mol. The average molecular weight is 314 g/mol. The zero-order valence-electron chi connectivity index (χ0n) is 13.9. The Morgan fingerprint density at radius 2 is 1.62 bits per heavy atom. The van der Waals surface area contributed by atoms with Crippen LogP contribution in [-0.4, -0.2) is 5.54 Å². The highest BCUT2D eigenvalue weighted by atomic mass is 15.0. The lowest BCUT2D eigenvalue weighted by Crippen LogP contribution is -2.50. The monoisotopic (exact) mass is 314 g/mol. The molecule has 2 aromatic carbocycles. The molecule has 2 nitrogen and oxygen atoms in total. The van der Waals surface area contributed by atoms with Crippen molar-refractivity contribution < 1.29 is 0 Å². The molecular formula is C22H22N2. The van der Waals surface area contributed by atoms with Gasteiger partial charge in [-0.2, -0.15) is 5.26 Å². The van der Waals surface area contributed by atoms with Crippen molar-refractivity contribution in [2.75, 3.05) is 0 Å². The molecule has 0 amide bonds. The quantitative estimate of drug-likeness (QED) is 0.758. The first-order valence-electron chi connectivity index (χ1n) is 8.88. The number of nitriles is 1. The predicted octanol–water partition coefficient (Wildman–Crippen LogP) is 4.93. The lowest BCUT2D eigenvalue weighted by Gasteiger charge is -2.44. The topological polar surface area (TPSA) is 35.8 Å². The van der Waals surface area contributed by atoms with Crippen LogP contribution in [0.2, 0.25) is 0 Å². The molecule has 0 bridgehead atoms. The van der Waals surface area contributed by atoms with E-state index in [0.29, 0.717) is 0 Å². The Kier molecular flexibility index (Phi) is 3.86. The number of hydrogen-bond acceptors (Lipinski definition) is 2. The van der Waals surface area contributed by atoms with Gasteiger partial charge in [0.15, 0.2) is 0 Å². The molecule has 24 heavy (non-hydrogen) atoms. The average Bonchev–Trinajstić information content (AvgIpc) is 2.64. The van der Waals surface area contributed by atoms with E-state index in [1.165, 1.54) is 43.2 Å². The molecule has 0 radical (unpaired) electrons. The molecule has 2 aromatic rings. The minimum absolute atomic E-state index is 0.124. The van der Waals surface area contributed by atoms with Gasteiger partial charge in [0.1, 0.15) is 6.07 Å². The number of hydrogen-bond donors (Lipinski definition) is 1. The largest absolute Gasteiger partial charge is 0.378 e. The Labute approximate surface area is 143 Å². The Bertz CT molecular complexity index is 805. The minimum Gasteiger partial charge on any atom is -0.378 e. The summed E-state index contributed by atoms with van der Waals surface area (Å²) in [5.41, 5.74) is 5.45. The van der Waals surface area contributed by atoms with Crippen molar-refractivity contribution in [2.24, 2.45) is 0 Å². The van der Waals surface area contributed by atoms with Crippen LogP contribution in [0.4, 0.5) is 0 Å². The van der Waals surface area contributed by atoms with Gasteiger partial charge in [-0.3, -0.25) is 0 Å². The van der Waals surface area contributed by atoms with Crippen LogP contribution in [0, 0.1) is 11.3 Å². The van der Waals surface area contributed by atoms with E-state index < -0.39 is 0 Å². The smallest absolute Gasteiger partial charge is 0.102 e. The molecule has 1 aliphatic heterocycles. The van der Waals surface area contributed by atoms with Crippen molar-refractivity contribution in [3.05, 3.63) is 71.3 Å². The molecule has 4 rings (SSSR count). The summed E-state index contributed by atoms with van der Waals surface area (Å²) in [5, 5.41) is 13.7. The summed E-state index contributed by atoms with van der Waals surface area (Å²) in [4.78, 5) is 0. The molecule has 120 valence electrons. The lowest BCUT2D eigenvalue weighted by atomic mass is 9.73. The summed E-state index contributed by atoms with van der Waals surface area (Å²) >= 11 is 0. The summed E-state index contributed by atoms with van der Waals surface area (Å²) in [7, 11) is 0. The molecule has 0 saturated heterocycles. The van der Waals surface area contributed by atoms with Crippen molar-refractivity contribution in [3.8, 4) is 6.07 Å². The van der Waals surface area contributed by atoms with Crippen molar-refractivity contribution in [3.63, 3.8) is 0 Å². The number of rotatable bonds is 1. The standard InChI is InChI=1S/C22H22N2/c23-16-20(17-9-3-1-4-10-17)21-19-12-6-5-11-18(19)15-22(24-21)13-7-2-8-14-22/h1,3-6,9-12,24H,2,7-8,13-15H2/b21-20-. The maximum Gasteiger partial charge on any atom is 0.102 e. The lowest BCUT2D eigenvalue weighted by molar-refractivity contribution is 0.253. The van der Waals surface area contributed by atoms with E-state index in [9.17, 15) is 5.26 Å². The second-order valence-electron chi connectivity index (χ2n) is 7.03. The van der Waals surface area contributed by atoms with Crippen LogP contribution in [0.5, 0.6) is 0 Å². The fourth-order valence-electron chi connectivity index (χ4n) is 4.26. The van der Waals surface area contributed by atoms with Crippen LogP contribution in [0.1, 0.15) is 48.8 Å². The van der Waals surface area contributed by atoms with Crippen LogP contribution in [0.15, 0.2) is 54.6 Å². The molecule has 1 heterocycles. The third-order valence-corrected chi connectivity index (χ3v) is 5.44. The highest BCUT2D eigenvalue weighted by molar-refractivity contribution is 5.98. The maximum atomic E-state index is 9.90. The number of allylic oxidation sites excluding steroid dienone is 1. The van der Waals surface area contributed by atoms with Crippen molar-refractivity contribution in [2.45, 2.75) is 44.1 Å². The third-order valence-electron chi connectivity index (χ3n) is 5.44. The highest BCUT2D eigenvalue weighted by Crippen LogP contribution is 2.40. The van der Waals surface area contributed by atoms with Crippen LogP contribution in [-0.2, 0) is 6.42 Å². The van der Waals surface area contributed by atoms with Crippen LogP contribution in [0.25, 0.3) is 11.3 Å². The molecule has 0 unspecified atom stereocenters. The molecule has 1 aliphatic carbocycles. The van der Waals surface area contributed by atoms with E-state index in [2.05, 4.69) is 35.7 Å². The van der Waals surface area contributed by atoms with Gasteiger partial charge in [0.2, 0.25) is 0 Å². The van der Waals surface area contributed by atoms with Crippen LogP contribution in [0.3, 0.4) is 0 Å². The fraction of sp³-hybridized carbons (Fsp3) is 0.318. The van der Waals surface area contributed by atoms with E-state index in [4.69, 9.17) is 0 Å². The first-order valence-corrected chi connectivity index (χ1v) is 8.88. The maximum absolute atomic E-state index is 9.90. The van der Waals surface area contributed by atoms with Crippen molar-refractivity contribution >= 4 is 11.3 Å².